The normalized spacial score (nSPS) is 14.7. The minimum atomic E-state index is -0.379. The maximum Gasteiger partial charge on any atom is 0.280 e. The third-order valence-corrected chi connectivity index (χ3v) is 2.25. The molecule has 0 unspecified atom stereocenters. The van der Waals surface area contributed by atoms with Crippen LogP contribution in [-0.2, 0) is 6.42 Å². The molecule has 1 aromatic rings. The van der Waals surface area contributed by atoms with Crippen molar-refractivity contribution in [3.63, 3.8) is 0 Å². The van der Waals surface area contributed by atoms with Gasteiger partial charge in [-0.3, -0.25) is 14.5 Å². The van der Waals surface area contributed by atoms with Crippen molar-refractivity contribution in [2.45, 2.75) is 6.42 Å². The maximum absolute atomic E-state index is 11.5. The Morgan fingerprint density at radius 3 is 2.80 bits per heavy atom. The monoisotopic (exact) mass is 206 g/mol. The summed E-state index contributed by atoms with van der Waals surface area (Å²) in [4.78, 5) is 32.0. The van der Waals surface area contributed by atoms with Crippen molar-refractivity contribution in [3.8, 4) is 0 Å². The minimum absolute atomic E-state index is 0.181. The average Bonchev–Trinajstić information content (AvgIpc) is 2.45. The number of carbonyl (C=O) groups is 2. The van der Waals surface area contributed by atoms with E-state index in [0.717, 1.165) is 4.90 Å². The summed E-state index contributed by atoms with van der Waals surface area (Å²) >= 11 is 0. The summed E-state index contributed by atoms with van der Waals surface area (Å²) < 4.78 is 0. The van der Waals surface area contributed by atoms with Gasteiger partial charge in [0, 0.05) is 19.7 Å². The van der Waals surface area contributed by atoms with Crippen LogP contribution in [0.3, 0.4) is 0 Å². The van der Waals surface area contributed by atoms with Gasteiger partial charge in [-0.05, 0) is 6.54 Å². The number of fused-ring (bicyclic) bond motifs is 1. The zero-order valence-electron chi connectivity index (χ0n) is 8.23. The highest BCUT2D eigenvalue weighted by Crippen LogP contribution is 2.18. The Bertz CT molecular complexity index is 444. The van der Waals surface area contributed by atoms with Gasteiger partial charge in [0.2, 0.25) is 0 Å². The number of imide groups is 1. The second kappa shape index (κ2) is 3.39. The predicted octanol–water partition coefficient (Wildman–Crippen LogP) is -0.796. The molecular formula is C9H10N4O2. The van der Waals surface area contributed by atoms with Crippen molar-refractivity contribution in [1.29, 1.82) is 0 Å². The summed E-state index contributed by atoms with van der Waals surface area (Å²) in [6.45, 7) is 0.413. The molecule has 1 aromatic heterocycles. The Hall–Kier alpha value is -1.82. The van der Waals surface area contributed by atoms with Gasteiger partial charge in [0.25, 0.3) is 11.8 Å². The Morgan fingerprint density at radius 2 is 2.13 bits per heavy atom. The van der Waals surface area contributed by atoms with Crippen LogP contribution in [-0.4, -0.2) is 40.3 Å². The lowest BCUT2D eigenvalue weighted by molar-refractivity contribution is 0.0691. The molecular weight excluding hydrogens is 196 g/mol. The van der Waals surface area contributed by atoms with Crippen molar-refractivity contribution >= 4 is 11.8 Å². The molecule has 0 atom stereocenters. The molecule has 15 heavy (non-hydrogen) atoms. The molecule has 0 bridgehead atoms. The van der Waals surface area contributed by atoms with E-state index >= 15 is 0 Å². The lowest BCUT2D eigenvalue weighted by Gasteiger charge is -2.01. The molecule has 2 rings (SSSR count). The van der Waals surface area contributed by atoms with Crippen LogP contribution in [0.5, 0.6) is 0 Å². The average molecular weight is 206 g/mol. The zero-order valence-corrected chi connectivity index (χ0v) is 8.23. The molecule has 78 valence electrons. The summed E-state index contributed by atoms with van der Waals surface area (Å²) in [6.07, 6.45) is 1.88. The number of carbonyl (C=O) groups excluding carboxylic acids is 2. The van der Waals surface area contributed by atoms with E-state index < -0.39 is 0 Å². The molecule has 0 saturated carbocycles. The van der Waals surface area contributed by atoms with Crippen LogP contribution in [0.25, 0.3) is 0 Å². The standard InChI is InChI=1S/C9H10N4O2/c1-13-8(14)5-4-11-6(2-3-10)12-7(5)9(13)15/h4H,2-3,10H2,1H3. The quantitative estimate of drug-likeness (QED) is 0.640. The molecule has 2 N–H and O–H groups in total. The van der Waals surface area contributed by atoms with Crippen LogP contribution in [0.1, 0.15) is 26.7 Å². The zero-order chi connectivity index (χ0) is 11.0. The molecule has 6 nitrogen and oxygen atoms in total. The molecule has 0 spiro atoms. The topological polar surface area (TPSA) is 89.2 Å². The van der Waals surface area contributed by atoms with Gasteiger partial charge < -0.3 is 5.73 Å². The lowest BCUT2D eigenvalue weighted by atomic mass is 10.2. The largest absolute Gasteiger partial charge is 0.330 e. The van der Waals surface area contributed by atoms with Gasteiger partial charge in [-0.25, -0.2) is 9.97 Å². The Labute approximate surface area is 86.1 Å². The number of nitrogens with zero attached hydrogens (tertiary/aromatic N) is 3. The van der Waals surface area contributed by atoms with E-state index in [0.29, 0.717) is 18.8 Å². The number of aromatic nitrogens is 2. The van der Waals surface area contributed by atoms with Crippen LogP contribution in [0, 0.1) is 0 Å². The van der Waals surface area contributed by atoms with E-state index in [2.05, 4.69) is 9.97 Å². The van der Waals surface area contributed by atoms with E-state index in [1.807, 2.05) is 0 Å². The summed E-state index contributed by atoms with van der Waals surface area (Å²) in [7, 11) is 1.43. The molecule has 0 aromatic carbocycles. The third kappa shape index (κ3) is 1.39. The highest BCUT2D eigenvalue weighted by Gasteiger charge is 2.34. The van der Waals surface area contributed by atoms with Crippen LogP contribution < -0.4 is 5.73 Å². The SMILES string of the molecule is CN1C(=O)c2cnc(CCN)nc2C1=O. The van der Waals surface area contributed by atoms with Crippen LogP contribution in [0.2, 0.25) is 0 Å². The van der Waals surface area contributed by atoms with Gasteiger partial charge >= 0.3 is 0 Å². The van der Waals surface area contributed by atoms with Crippen molar-refractivity contribution in [1.82, 2.24) is 14.9 Å². The van der Waals surface area contributed by atoms with Crippen LogP contribution in [0.4, 0.5) is 0 Å². The molecule has 0 saturated heterocycles. The summed E-state index contributed by atoms with van der Waals surface area (Å²) in [6, 6.07) is 0. The molecule has 1 aliphatic rings. The summed E-state index contributed by atoms with van der Waals surface area (Å²) in [5, 5.41) is 0. The fourth-order valence-electron chi connectivity index (χ4n) is 1.42. The first kappa shape index (κ1) is 9.72. The Balaban J connectivity index is 2.47. The van der Waals surface area contributed by atoms with E-state index in [9.17, 15) is 9.59 Å². The molecule has 1 aliphatic heterocycles. The van der Waals surface area contributed by atoms with Gasteiger partial charge in [-0.1, -0.05) is 0 Å². The maximum atomic E-state index is 11.5. The molecule has 2 amide bonds. The van der Waals surface area contributed by atoms with Gasteiger partial charge in [0.1, 0.15) is 11.5 Å². The smallest absolute Gasteiger partial charge is 0.280 e. The first-order valence-electron chi connectivity index (χ1n) is 4.53. The second-order valence-electron chi connectivity index (χ2n) is 3.26. The Kier molecular flexibility index (Phi) is 2.20. The predicted molar refractivity (Wildman–Crippen MR) is 51.2 cm³/mol. The van der Waals surface area contributed by atoms with Gasteiger partial charge in [0.05, 0.1) is 5.56 Å². The van der Waals surface area contributed by atoms with Gasteiger partial charge in [-0.15, -0.1) is 0 Å². The van der Waals surface area contributed by atoms with E-state index in [-0.39, 0.29) is 23.1 Å². The van der Waals surface area contributed by atoms with Crippen LogP contribution >= 0.6 is 0 Å². The first-order valence-corrected chi connectivity index (χ1v) is 4.53. The molecule has 0 fully saturated rings. The fraction of sp³-hybridized carbons (Fsp3) is 0.333. The molecule has 0 radical (unpaired) electrons. The second-order valence-corrected chi connectivity index (χ2v) is 3.26. The lowest BCUT2D eigenvalue weighted by Crippen LogP contribution is -2.24. The fourth-order valence-corrected chi connectivity index (χ4v) is 1.42. The number of nitrogens with two attached hydrogens (primary N) is 1. The first-order chi connectivity index (χ1) is 7.15. The molecule has 0 aliphatic carbocycles. The summed E-state index contributed by atoms with van der Waals surface area (Å²) in [5.74, 6) is -0.238. The van der Waals surface area contributed by atoms with Crippen molar-refractivity contribution < 1.29 is 9.59 Å². The highest BCUT2D eigenvalue weighted by molar-refractivity contribution is 6.19. The van der Waals surface area contributed by atoms with Crippen molar-refractivity contribution in [3.05, 3.63) is 23.3 Å². The Morgan fingerprint density at radius 1 is 1.40 bits per heavy atom. The number of hydrogen-bond donors (Lipinski definition) is 1. The molecule has 2 heterocycles. The molecule has 6 heteroatoms. The van der Waals surface area contributed by atoms with E-state index in [1.54, 1.807) is 0 Å². The van der Waals surface area contributed by atoms with Gasteiger partial charge in [-0.2, -0.15) is 0 Å². The van der Waals surface area contributed by atoms with Crippen molar-refractivity contribution in [2.24, 2.45) is 5.73 Å². The van der Waals surface area contributed by atoms with Crippen molar-refractivity contribution in [2.75, 3.05) is 13.6 Å². The number of hydrogen-bond acceptors (Lipinski definition) is 5. The summed E-state index contributed by atoms with van der Waals surface area (Å²) in [5.41, 5.74) is 5.80. The third-order valence-electron chi connectivity index (χ3n) is 2.25. The van der Waals surface area contributed by atoms with E-state index in [4.69, 9.17) is 5.73 Å². The van der Waals surface area contributed by atoms with Gasteiger partial charge in [0.15, 0.2) is 0 Å². The number of rotatable bonds is 2. The van der Waals surface area contributed by atoms with Crippen LogP contribution in [0.15, 0.2) is 6.20 Å². The number of amides is 2. The minimum Gasteiger partial charge on any atom is -0.330 e. The highest BCUT2D eigenvalue weighted by atomic mass is 16.2. The van der Waals surface area contributed by atoms with E-state index in [1.165, 1.54) is 13.2 Å².